The number of aliphatic carboxylic acids is 1. The number of unbranched alkanes of at least 4 members (excludes halogenated alkanes) is 1. The number of nitrogens with zero attached hydrogens (tertiary/aromatic N) is 2. The van der Waals surface area contributed by atoms with E-state index in [1.165, 1.54) is 26.4 Å². The summed E-state index contributed by atoms with van der Waals surface area (Å²) in [5, 5.41) is 16.3. The maximum atomic E-state index is 14.1. The molecule has 0 amide bonds. The third kappa shape index (κ3) is 5.76. The van der Waals surface area contributed by atoms with Crippen LogP contribution < -0.4 is 20.3 Å². The third-order valence-corrected chi connectivity index (χ3v) is 6.46. The molecule has 202 valence electrons. The van der Waals surface area contributed by atoms with E-state index in [1.54, 1.807) is 18.2 Å². The molecule has 2 aromatic carbocycles. The Labute approximate surface area is 217 Å². The molecule has 0 atom stereocenters. The fourth-order valence-electron chi connectivity index (χ4n) is 4.60. The van der Waals surface area contributed by atoms with Gasteiger partial charge in [-0.25, -0.2) is 0 Å². The summed E-state index contributed by atoms with van der Waals surface area (Å²) in [7, 11) is 2.99. The highest BCUT2D eigenvalue weighted by molar-refractivity contribution is 5.69. The van der Waals surface area contributed by atoms with Crippen molar-refractivity contribution < 1.29 is 32.5 Å². The van der Waals surface area contributed by atoms with E-state index in [1.807, 2.05) is 0 Å². The molecular weight excluding hydrogens is 503 g/mol. The molecular formula is C27H28F3N3O5. The van der Waals surface area contributed by atoms with E-state index in [2.05, 4.69) is 10.4 Å². The minimum Gasteiger partial charge on any atom is -0.497 e. The summed E-state index contributed by atoms with van der Waals surface area (Å²) < 4.78 is 53.8. The Morgan fingerprint density at radius 1 is 1.05 bits per heavy atom. The van der Waals surface area contributed by atoms with Crippen molar-refractivity contribution in [3.05, 3.63) is 63.4 Å². The topological polar surface area (TPSA) is 103 Å². The van der Waals surface area contributed by atoms with Crippen LogP contribution in [0.4, 0.5) is 18.9 Å². The first-order valence-electron chi connectivity index (χ1n) is 12.2. The maximum Gasteiger partial charge on any atom is 0.418 e. The van der Waals surface area contributed by atoms with E-state index >= 15 is 0 Å². The summed E-state index contributed by atoms with van der Waals surface area (Å²) in [4.78, 5) is 24.2. The molecule has 0 spiro atoms. The fraction of sp³-hybridized carbons (Fsp3) is 0.370. The predicted molar refractivity (Wildman–Crippen MR) is 135 cm³/mol. The van der Waals surface area contributed by atoms with E-state index < -0.39 is 23.3 Å². The third-order valence-electron chi connectivity index (χ3n) is 6.46. The van der Waals surface area contributed by atoms with Gasteiger partial charge in [-0.2, -0.15) is 23.0 Å². The van der Waals surface area contributed by atoms with Crippen molar-refractivity contribution in [1.29, 1.82) is 0 Å². The van der Waals surface area contributed by atoms with Crippen LogP contribution in [0.25, 0.3) is 16.9 Å². The molecule has 38 heavy (non-hydrogen) atoms. The molecule has 2 N–H and O–H groups in total. The second kappa shape index (κ2) is 11.2. The largest absolute Gasteiger partial charge is 0.497 e. The second-order valence-electron chi connectivity index (χ2n) is 8.98. The minimum absolute atomic E-state index is 0.00617. The number of halogens is 3. The number of rotatable bonds is 10. The summed E-state index contributed by atoms with van der Waals surface area (Å²) in [6.45, 7) is 0.361. The molecule has 1 aliphatic rings. The summed E-state index contributed by atoms with van der Waals surface area (Å²) >= 11 is 0. The van der Waals surface area contributed by atoms with Gasteiger partial charge in [-0.05, 0) is 68.0 Å². The number of hydrogen-bond donors (Lipinski definition) is 2. The molecule has 11 heteroatoms. The molecule has 0 radical (unpaired) electrons. The van der Waals surface area contributed by atoms with Gasteiger partial charge in [0.2, 0.25) is 0 Å². The number of carboxylic acid groups (broad SMARTS) is 1. The zero-order chi connectivity index (χ0) is 27.4. The Balaban J connectivity index is 1.83. The minimum atomic E-state index is -4.73. The first-order valence-corrected chi connectivity index (χ1v) is 12.2. The van der Waals surface area contributed by atoms with Gasteiger partial charge in [-0.15, -0.1) is 0 Å². The van der Waals surface area contributed by atoms with Crippen molar-refractivity contribution in [3.8, 4) is 28.4 Å². The lowest BCUT2D eigenvalue weighted by molar-refractivity contribution is -0.138. The quantitative estimate of drug-likeness (QED) is 0.351. The molecule has 8 nitrogen and oxygen atoms in total. The van der Waals surface area contributed by atoms with Gasteiger partial charge in [-0.1, -0.05) is 0 Å². The van der Waals surface area contributed by atoms with E-state index in [-0.39, 0.29) is 12.1 Å². The molecule has 0 fully saturated rings. The number of methoxy groups -OCH3 is 2. The lowest BCUT2D eigenvalue weighted by Gasteiger charge is -2.18. The first kappa shape index (κ1) is 27.0. The second-order valence-corrected chi connectivity index (χ2v) is 8.98. The van der Waals surface area contributed by atoms with Gasteiger partial charge in [0.15, 0.2) is 0 Å². The normalized spacial score (nSPS) is 12.8. The standard InChI is InChI=1S/C27H28F3N3O5/c1-37-18-12-16(13-19(15-18)38-2)25-20-6-5-7-21(20)26(36)33(32-25)23-14-17(9-10-22(23)27(28,29)30)31-11-4-3-8-24(34)35/h9-10,12-15,31H,3-8,11H2,1-2H3,(H,34,35). The molecule has 0 saturated carbocycles. The fourth-order valence-corrected chi connectivity index (χ4v) is 4.60. The Morgan fingerprint density at radius 3 is 2.37 bits per heavy atom. The average Bonchev–Trinajstić information content (AvgIpc) is 3.38. The number of ether oxygens (including phenoxy) is 2. The molecule has 0 aliphatic heterocycles. The molecule has 1 heterocycles. The molecule has 3 aromatic rings. The number of anilines is 1. The predicted octanol–water partition coefficient (Wildman–Crippen LogP) is 5.09. The monoisotopic (exact) mass is 531 g/mol. The summed E-state index contributed by atoms with van der Waals surface area (Å²) in [6, 6.07) is 8.55. The Morgan fingerprint density at radius 2 is 1.74 bits per heavy atom. The van der Waals surface area contributed by atoms with Crippen LogP contribution in [-0.2, 0) is 23.8 Å². The summed E-state index contributed by atoms with van der Waals surface area (Å²) in [5.74, 6) is 0.0554. The Hall–Kier alpha value is -4.02. The highest BCUT2D eigenvalue weighted by atomic mass is 19.4. The maximum absolute atomic E-state index is 14.1. The number of fused-ring (bicyclic) bond motifs is 1. The Bertz CT molecular complexity index is 1380. The van der Waals surface area contributed by atoms with Crippen LogP contribution in [0.15, 0.2) is 41.2 Å². The zero-order valence-corrected chi connectivity index (χ0v) is 21.0. The van der Waals surface area contributed by atoms with Crippen LogP contribution >= 0.6 is 0 Å². The van der Waals surface area contributed by atoms with Gasteiger partial charge in [0.25, 0.3) is 5.56 Å². The van der Waals surface area contributed by atoms with Gasteiger partial charge >= 0.3 is 12.1 Å². The van der Waals surface area contributed by atoms with Crippen molar-refractivity contribution in [2.45, 2.75) is 44.7 Å². The number of nitrogens with one attached hydrogen (secondary N) is 1. The van der Waals surface area contributed by atoms with Crippen LogP contribution in [0, 0.1) is 0 Å². The number of carboxylic acids is 1. The van der Waals surface area contributed by atoms with Crippen molar-refractivity contribution in [2.75, 3.05) is 26.1 Å². The number of carbonyl (C=O) groups is 1. The number of benzene rings is 2. The smallest absolute Gasteiger partial charge is 0.418 e. The number of hydrogen-bond acceptors (Lipinski definition) is 6. The zero-order valence-electron chi connectivity index (χ0n) is 21.0. The van der Waals surface area contributed by atoms with Gasteiger partial charge in [0, 0.05) is 35.8 Å². The molecule has 4 rings (SSSR count). The molecule has 0 saturated heterocycles. The highest BCUT2D eigenvalue weighted by Gasteiger charge is 2.35. The number of aromatic nitrogens is 2. The van der Waals surface area contributed by atoms with Crippen molar-refractivity contribution in [2.24, 2.45) is 0 Å². The average molecular weight is 532 g/mol. The van der Waals surface area contributed by atoms with Crippen molar-refractivity contribution in [3.63, 3.8) is 0 Å². The SMILES string of the molecule is COc1cc(OC)cc(-c2nn(-c3cc(NCCCCC(=O)O)ccc3C(F)(F)F)c(=O)c3c2CCC3)c1. The lowest BCUT2D eigenvalue weighted by atomic mass is 10.0. The van der Waals surface area contributed by atoms with Gasteiger partial charge in [0.05, 0.1) is 31.2 Å². The lowest BCUT2D eigenvalue weighted by Crippen LogP contribution is -2.28. The highest BCUT2D eigenvalue weighted by Crippen LogP contribution is 2.37. The van der Waals surface area contributed by atoms with Crippen molar-refractivity contribution >= 4 is 11.7 Å². The van der Waals surface area contributed by atoms with Crippen LogP contribution in [0.2, 0.25) is 0 Å². The van der Waals surface area contributed by atoms with E-state index in [9.17, 15) is 22.8 Å². The first-order chi connectivity index (χ1) is 18.1. The van der Waals surface area contributed by atoms with Crippen LogP contribution in [-0.4, -0.2) is 41.6 Å². The van der Waals surface area contributed by atoms with Crippen LogP contribution in [0.1, 0.15) is 42.4 Å². The van der Waals surface area contributed by atoms with Gasteiger partial charge in [0.1, 0.15) is 11.5 Å². The van der Waals surface area contributed by atoms with Crippen LogP contribution in [0.5, 0.6) is 11.5 Å². The Kier molecular flexibility index (Phi) is 7.94. The number of alkyl halides is 3. The molecule has 1 aromatic heterocycles. The van der Waals surface area contributed by atoms with Crippen molar-refractivity contribution in [1.82, 2.24) is 9.78 Å². The molecule has 1 aliphatic carbocycles. The van der Waals surface area contributed by atoms with E-state index in [0.717, 1.165) is 10.7 Å². The summed E-state index contributed by atoms with van der Waals surface area (Å²) in [6.07, 6.45) is -2.07. The van der Waals surface area contributed by atoms with Gasteiger partial charge < -0.3 is 19.9 Å². The molecule has 0 bridgehead atoms. The van der Waals surface area contributed by atoms with E-state index in [4.69, 9.17) is 14.6 Å². The van der Waals surface area contributed by atoms with Gasteiger partial charge in [-0.3, -0.25) is 9.59 Å². The van der Waals surface area contributed by atoms with E-state index in [0.29, 0.717) is 78.2 Å². The summed E-state index contributed by atoms with van der Waals surface area (Å²) in [5.41, 5.74) is 0.519. The van der Waals surface area contributed by atoms with Crippen LogP contribution in [0.3, 0.4) is 0 Å². The molecule has 0 unspecified atom stereocenters.